The number of hydrogen-bond acceptors (Lipinski definition) is 3. The lowest BCUT2D eigenvalue weighted by Gasteiger charge is -2.38. The Morgan fingerprint density at radius 2 is 1.92 bits per heavy atom. The number of ether oxygens (including phenoxy) is 1. The smallest absolute Gasteiger partial charge is 0.410 e. The number of likely N-dealkylation sites (N-methyl/N-ethyl adjacent to an activating group) is 1. The van der Waals surface area contributed by atoms with Crippen molar-refractivity contribution in [1.82, 2.24) is 15.1 Å². The summed E-state index contributed by atoms with van der Waals surface area (Å²) in [4.78, 5) is 27.7. The first-order valence-corrected chi connectivity index (χ1v) is 8.83. The minimum absolute atomic E-state index is 0.0935. The van der Waals surface area contributed by atoms with Gasteiger partial charge >= 0.3 is 12.1 Å². The summed E-state index contributed by atoms with van der Waals surface area (Å²) in [7, 11) is 1.74. The lowest BCUT2D eigenvalue weighted by molar-refractivity contribution is 0.00317. The van der Waals surface area contributed by atoms with E-state index < -0.39 is 5.60 Å². The number of rotatable bonds is 2. The first-order chi connectivity index (χ1) is 11.8. The Kier molecular flexibility index (Phi) is 4.62. The average molecular weight is 345 g/mol. The predicted molar refractivity (Wildman–Crippen MR) is 95.5 cm³/mol. The van der Waals surface area contributed by atoms with Gasteiger partial charge in [-0.3, -0.25) is 0 Å². The van der Waals surface area contributed by atoms with E-state index in [1.807, 2.05) is 0 Å². The molecule has 2 aliphatic rings. The highest BCUT2D eigenvalue weighted by Crippen LogP contribution is 2.31. The Morgan fingerprint density at radius 1 is 1.24 bits per heavy atom. The van der Waals surface area contributed by atoms with Crippen molar-refractivity contribution < 1.29 is 14.3 Å². The summed E-state index contributed by atoms with van der Waals surface area (Å²) < 4.78 is 5.56. The van der Waals surface area contributed by atoms with Crippen LogP contribution in [-0.2, 0) is 11.3 Å². The highest BCUT2D eigenvalue weighted by molar-refractivity contribution is 5.75. The zero-order valence-electron chi connectivity index (χ0n) is 15.5. The van der Waals surface area contributed by atoms with E-state index >= 15 is 0 Å². The average Bonchev–Trinajstić information content (AvgIpc) is 2.79. The van der Waals surface area contributed by atoms with Crippen LogP contribution in [-0.4, -0.2) is 54.2 Å². The molecule has 6 heteroatoms. The van der Waals surface area contributed by atoms with Gasteiger partial charge in [-0.2, -0.15) is 0 Å². The van der Waals surface area contributed by atoms with Crippen molar-refractivity contribution in [3.63, 3.8) is 0 Å². The number of nitrogens with zero attached hydrogens (tertiary/aromatic N) is 2. The van der Waals surface area contributed by atoms with E-state index in [-0.39, 0.29) is 12.1 Å². The lowest BCUT2D eigenvalue weighted by Crippen LogP contribution is -2.54. The summed E-state index contributed by atoms with van der Waals surface area (Å²) >= 11 is 0. The molecule has 1 spiro atoms. The fourth-order valence-electron chi connectivity index (χ4n) is 4.04. The number of carbonyl (C=O) groups excluding carboxylic acids is 2. The van der Waals surface area contributed by atoms with Gasteiger partial charge in [0.25, 0.3) is 0 Å². The molecule has 136 valence electrons. The van der Waals surface area contributed by atoms with Gasteiger partial charge in [-0.1, -0.05) is 17.7 Å². The van der Waals surface area contributed by atoms with Crippen molar-refractivity contribution in [2.45, 2.75) is 45.8 Å². The number of carbonyl (C=O) groups is 2. The Bertz CT molecular complexity index is 680. The maximum atomic E-state index is 12.6. The first-order valence-electron chi connectivity index (χ1n) is 8.83. The van der Waals surface area contributed by atoms with Gasteiger partial charge in [-0.15, -0.1) is 0 Å². The summed E-state index contributed by atoms with van der Waals surface area (Å²) in [5, 5.41) is 3.03. The van der Waals surface area contributed by atoms with Crippen LogP contribution in [0.4, 0.5) is 9.59 Å². The quantitative estimate of drug-likeness (QED) is 0.896. The van der Waals surface area contributed by atoms with E-state index in [1.54, 1.807) is 16.8 Å². The van der Waals surface area contributed by atoms with Crippen LogP contribution < -0.4 is 5.32 Å². The molecule has 6 nitrogen and oxygen atoms in total. The van der Waals surface area contributed by atoms with Gasteiger partial charge in [0.15, 0.2) is 0 Å². The minimum Gasteiger partial charge on any atom is -0.439 e. The Balaban J connectivity index is 1.63. The van der Waals surface area contributed by atoms with Crippen LogP contribution in [0.3, 0.4) is 0 Å². The molecule has 3 rings (SSSR count). The molecule has 0 saturated carbocycles. The molecule has 1 atom stereocenters. The van der Waals surface area contributed by atoms with Crippen molar-refractivity contribution in [1.29, 1.82) is 0 Å². The van der Waals surface area contributed by atoms with Crippen LogP contribution in [0.2, 0.25) is 0 Å². The molecule has 2 heterocycles. The van der Waals surface area contributed by atoms with Crippen LogP contribution in [0.1, 0.15) is 35.1 Å². The maximum Gasteiger partial charge on any atom is 0.410 e. The highest BCUT2D eigenvalue weighted by Gasteiger charge is 2.47. The van der Waals surface area contributed by atoms with Crippen molar-refractivity contribution in [3.8, 4) is 0 Å². The van der Waals surface area contributed by atoms with Gasteiger partial charge in [0.2, 0.25) is 0 Å². The molecular formula is C19H27N3O3. The third-order valence-electron chi connectivity index (χ3n) is 5.22. The molecule has 1 aromatic rings. The number of hydrogen-bond donors (Lipinski definition) is 1. The van der Waals surface area contributed by atoms with Crippen molar-refractivity contribution in [3.05, 3.63) is 34.4 Å². The number of likely N-dealkylation sites (tertiary alicyclic amines) is 1. The number of piperidine rings is 1. The fourth-order valence-corrected chi connectivity index (χ4v) is 4.04. The topological polar surface area (TPSA) is 61.9 Å². The van der Waals surface area contributed by atoms with Crippen LogP contribution in [0, 0.1) is 20.8 Å². The van der Waals surface area contributed by atoms with E-state index in [1.165, 1.54) is 16.7 Å². The molecule has 0 aromatic heterocycles. The standard InChI is InChI=1S/C19H27N3O3/c1-13-8-14(2)16(15(3)9-13)10-20-17(23)22-7-5-6-19(12-22)11-21(4)18(24)25-19/h8-9H,5-7,10-12H2,1-4H3,(H,20,23). The van der Waals surface area contributed by atoms with Crippen molar-refractivity contribution in [2.75, 3.05) is 26.7 Å². The van der Waals surface area contributed by atoms with E-state index in [0.717, 1.165) is 18.4 Å². The molecule has 0 bridgehead atoms. The molecule has 1 unspecified atom stereocenters. The van der Waals surface area contributed by atoms with Crippen LogP contribution in [0.15, 0.2) is 12.1 Å². The third kappa shape index (κ3) is 3.57. The zero-order valence-corrected chi connectivity index (χ0v) is 15.5. The number of amides is 3. The van der Waals surface area contributed by atoms with Gasteiger partial charge in [0.05, 0.1) is 13.1 Å². The van der Waals surface area contributed by atoms with E-state index in [9.17, 15) is 9.59 Å². The molecular weight excluding hydrogens is 318 g/mol. The number of benzene rings is 1. The summed E-state index contributed by atoms with van der Waals surface area (Å²) in [5.41, 5.74) is 4.24. The molecule has 1 aromatic carbocycles. The molecule has 0 radical (unpaired) electrons. The van der Waals surface area contributed by atoms with Crippen LogP contribution >= 0.6 is 0 Å². The van der Waals surface area contributed by atoms with Gasteiger partial charge in [0.1, 0.15) is 5.60 Å². The van der Waals surface area contributed by atoms with E-state index in [0.29, 0.717) is 26.2 Å². The van der Waals surface area contributed by atoms with Gasteiger partial charge in [-0.05, 0) is 50.3 Å². The Morgan fingerprint density at radius 3 is 2.52 bits per heavy atom. The third-order valence-corrected chi connectivity index (χ3v) is 5.22. The van der Waals surface area contributed by atoms with Gasteiger partial charge < -0.3 is 19.9 Å². The number of aryl methyl sites for hydroxylation is 3. The normalized spacial score (nSPS) is 23.1. The van der Waals surface area contributed by atoms with Crippen molar-refractivity contribution in [2.24, 2.45) is 0 Å². The second-order valence-corrected chi connectivity index (χ2v) is 7.47. The fraction of sp³-hybridized carbons (Fsp3) is 0.579. The van der Waals surface area contributed by atoms with Gasteiger partial charge in [0, 0.05) is 20.1 Å². The van der Waals surface area contributed by atoms with E-state index in [4.69, 9.17) is 4.74 Å². The SMILES string of the molecule is Cc1cc(C)c(CNC(=O)N2CCCC3(CN(C)C(=O)O3)C2)c(C)c1. The largest absolute Gasteiger partial charge is 0.439 e. The van der Waals surface area contributed by atoms with Crippen LogP contribution in [0.25, 0.3) is 0 Å². The monoisotopic (exact) mass is 345 g/mol. The molecule has 2 aliphatic heterocycles. The van der Waals surface area contributed by atoms with E-state index in [2.05, 4.69) is 38.2 Å². The first kappa shape index (κ1) is 17.6. The molecule has 3 amide bonds. The second-order valence-electron chi connectivity index (χ2n) is 7.47. The maximum absolute atomic E-state index is 12.6. The Hall–Kier alpha value is -2.24. The number of urea groups is 1. The van der Waals surface area contributed by atoms with Gasteiger partial charge in [-0.25, -0.2) is 9.59 Å². The second kappa shape index (κ2) is 6.58. The predicted octanol–water partition coefficient (Wildman–Crippen LogP) is 2.74. The lowest BCUT2D eigenvalue weighted by atomic mass is 9.93. The highest BCUT2D eigenvalue weighted by atomic mass is 16.6. The Labute approximate surface area is 149 Å². The molecule has 0 aliphatic carbocycles. The van der Waals surface area contributed by atoms with Crippen LogP contribution in [0.5, 0.6) is 0 Å². The van der Waals surface area contributed by atoms with Crippen molar-refractivity contribution >= 4 is 12.1 Å². The summed E-state index contributed by atoms with van der Waals surface area (Å²) in [6.07, 6.45) is 1.35. The summed E-state index contributed by atoms with van der Waals surface area (Å²) in [6, 6.07) is 4.18. The minimum atomic E-state index is -0.545. The molecule has 25 heavy (non-hydrogen) atoms. The molecule has 1 N–H and O–H groups in total. The zero-order chi connectivity index (χ0) is 18.2. The number of nitrogens with one attached hydrogen (secondary N) is 1. The molecule has 2 saturated heterocycles. The molecule has 2 fully saturated rings. The summed E-state index contributed by atoms with van der Waals surface area (Å²) in [5.74, 6) is 0. The summed E-state index contributed by atoms with van der Waals surface area (Å²) in [6.45, 7) is 8.44.